The van der Waals surface area contributed by atoms with Gasteiger partial charge in [0.05, 0.1) is 0 Å². The van der Waals surface area contributed by atoms with Crippen LogP contribution in [0.2, 0.25) is 0 Å². The molecule has 0 amide bonds. The standard InChI is InChI=1S/C17H13BrN2.C12H11N.C6H4BrI/c18-14-11-12-17(19-13-14)20(15-7-3-1-4-8-15)16-9-5-2-6-10-16;1-3-7-11(8-4-1)13-12-9-5-2-6-10-12;7-5-1-3-6(8)4-2-5/h1-13H;1-10,13H;1-4H. The zero-order valence-corrected chi connectivity index (χ0v) is 27.4. The fraction of sp³-hybridized carbons (Fsp3) is 0. The highest BCUT2D eigenvalue weighted by Gasteiger charge is 2.12. The van der Waals surface area contributed by atoms with Crippen molar-refractivity contribution in [3.63, 3.8) is 0 Å². The van der Waals surface area contributed by atoms with E-state index < -0.39 is 0 Å². The molecular formula is C35H28Br2IN3. The minimum atomic E-state index is 0.894. The van der Waals surface area contributed by atoms with Crippen molar-refractivity contribution in [1.29, 1.82) is 0 Å². The molecule has 1 heterocycles. The van der Waals surface area contributed by atoms with Crippen LogP contribution in [0.3, 0.4) is 0 Å². The SMILES string of the molecule is Brc1ccc(I)cc1.Brc1ccc(N(c2ccccc2)c2ccccc2)nc1.c1ccc(Nc2ccccc2)cc1. The Morgan fingerprint density at radius 2 is 0.902 bits per heavy atom. The van der Waals surface area contributed by atoms with Gasteiger partial charge in [-0.05, 0) is 123 Å². The molecule has 1 N–H and O–H groups in total. The molecular weight excluding hydrogens is 749 g/mol. The molecule has 0 unspecified atom stereocenters. The molecule has 6 aromatic rings. The zero-order valence-electron chi connectivity index (χ0n) is 22.1. The number of aromatic nitrogens is 1. The predicted molar refractivity (Wildman–Crippen MR) is 190 cm³/mol. The Balaban J connectivity index is 0.000000158. The van der Waals surface area contributed by atoms with Crippen molar-refractivity contribution < 1.29 is 0 Å². The summed E-state index contributed by atoms with van der Waals surface area (Å²) < 4.78 is 3.38. The second kappa shape index (κ2) is 16.7. The van der Waals surface area contributed by atoms with Gasteiger partial charge in [-0.25, -0.2) is 4.98 Å². The number of nitrogens with zero attached hydrogens (tertiary/aromatic N) is 2. The Kier molecular flexibility index (Phi) is 12.4. The van der Waals surface area contributed by atoms with E-state index in [9.17, 15) is 0 Å². The molecule has 41 heavy (non-hydrogen) atoms. The zero-order chi connectivity index (χ0) is 28.7. The van der Waals surface area contributed by atoms with Crippen LogP contribution in [0.4, 0.5) is 28.6 Å². The lowest BCUT2D eigenvalue weighted by Crippen LogP contribution is -2.11. The Bertz CT molecular complexity index is 1450. The van der Waals surface area contributed by atoms with E-state index in [0.29, 0.717) is 0 Å². The average Bonchev–Trinajstić information content (AvgIpc) is 3.03. The van der Waals surface area contributed by atoms with Crippen LogP contribution in [0.15, 0.2) is 173 Å². The summed E-state index contributed by atoms with van der Waals surface area (Å²) in [5.41, 5.74) is 4.42. The van der Waals surface area contributed by atoms with Crippen LogP contribution in [0, 0.1) is 3.57 Å². The number of hydrogen-bond donors (Lipinski definition) is 1. The maximum absolute atomic E-state index is 4.51. The number of benzene rings is 5. The molecule has 0 saturated carbocycles. The van der Waals surface area contributed by atoms with Crippen LogP contribution in [0.5, 0.6) is 0 Å². The van der Waals surface area contributed by atoms with Gasteiger partial charge < -0.3 is 5.32 Å². The molecule has 0 radical (unpaired) electrons. The molecule has 204 valence electrons. The van der Waals surface area contributed by atoms with Crippen LogP contribution < -0.4 is 10.2 Å². The maximum atomic E-state index is 4.51. The molecule has 0 bridgehead atoms. The average molecular weight is 777 g/mol. The van der Waals surface area contributed by atoms with Crippen molar-refractivity contribution in [3.05, 3.63) is 176 Å². The number of nitrogens with one attached hydrogen (secondary N) is 1. The molecule has 1 aromatic heterocycles. The van der Waals surface area contributed by atoms with Crippen molar-refractivity contribution in [2.45, 2.75) is 0 Å². The Morgan fingerprint density at radius 1 is 0.488 bits per heavy atom. The molecule has 3 nitrogen and oxygen atoms in total. The van der Waals surface area contributed by atoms with Crippen LogP contribution in [-0.2, 0) is 0 Å². The quantitative estimate of drug-likeness (QED) is 0.177. The summed E-state index contributed by atoms with van der Waals surface area (Å²) in [5.74, 6) is 0.894. The number of para-hydroxylation sites is 4. The summed E-state index contributed by atoms with van der Waals surface area (Å²) in [7, 11) is 0. The molecule has 0 saturated heterocycles. The van der Waals surface area contributed by atoms with Gasteiger partial charge >= 0.3 is 0 Å². The molecule has 6 rings (SSSR count). The minimum Gasteiger partial charge on any atom is -0.356 e. The molecule has 0 aliphatic carbocycles. The summed E-state index contributed by atoms with van der Waals surface area (Å²) >= 11 is 9.04. The summed E-state index contributed by atoms with van der Waals surface area (Å²) in [6.07, 6.45) is 1.81. The summed E-state index contributed by atoms with van der Waals surface area (Å²) in [5, 5.41) is 3.30. The van der Waals surface area contributed by atoms with Crippen LogP contribution in [0.1, 0.15) is 0 Å². The number of rotatable bonds is 5. The van der Waals surface area contributed by atoms with Crippen LogP contribution >= 0.6 is 54.5 Å². The van der Waals surface area contributed by atoms with E-state index in [1.807, 2.05) is 128 Å². The fourth-order valence-electron chi connectivity index (χ4n) is 3.71. The lowest BCUT2D eigenvalue weighted by Gasteiger charge is -2.24. The first-order valence-electron chi connectivity index (χ1n) is 12.9. The summed E-state index contributed by atoms with van der Waals surface area (Å²) in [6.45, 7) is 0. The lowest BCUT2D eigenvalue weighted by atomic mass is 10.2. The van der Waals surface area contributed by atoms with E-state index in [-0.39, 0.29) is 0 Å². The van der Waals surface area contributed by atoms with E-state index >= 15 is 0 Å². The van der Waals surface area contributed by atoms with Gasteiger partial charge in [-0.1, -0.05) is 88.7 Å². The van der Waals surface area contributed by atoms with Gasteiger partial charge in [0.1, 0.15) is 5.82 Å². The highest BCUT2D eigenvalue weighted by Crippen LogP contribution is 2.32. The first kappa shape index (κ1) is 30.5. The fourth-order valence-corrected chi connectivity index (χ4v) is 4.57. The third-order valence-electron chi connectivity index (χ3n) is 5.61. The Morgan fingerprint density at radius 3 is 1.29 bits per heavy atom. The molecule has 0 fully saturated rings. The van der Waals surface area contributed by atoms with Crippen molar-refractivity contribution in [2.24, 2.45) is 0 Å². The van der Waals surface area contributed by atoms with Gasteiger partial charge in [-0.3, -0.25) is 4.90 Å². The largest absolute Gasteiger partial charge is 0.356 e. The first-order chi connectivity index (χ1) is 20.1. The van der Waals surface area contributed by atoms with Crippen molar-refractivity contribution in [2.75, 3.05) is 10.2 Å². The molecule has 0 spiro atoms. The third kappa shape index (κ3) is 10.5. The maximum Gasteiger partial charge on any atom is 0.137 e. The highest BCUT2D eigenvalue weighted by atomic mass is 127. The summed E-state index contributed by atoms with van der Waals surface area (Å²) in [6, 6.07) is 53.0. The smallest absolute Gasteiger partial charge is 0.137 e. The lowest BCUT2D eigenvalue weighted by molar-refractivity contribution is 1.17. The van der Waals surface area contributed by atoms with E-state index in [0.717, 1.165) is 37.5 Å². The van der Waals surface area contributed by atoms with E-state index in [1.165, 1.54) is 3.57 Å². The molecule has 0 atom stereocenters. The summed E-state index contributed by atoms with van der Waals surface area (Å²) in [4.78, 5) is 6.64. The third-order valence-corrected chi connectivity index (χ3v) is 7.33. The van der Waals surface area contributed by atoms with E-state index in [1.54, 1.807) is 0 Å². The van der Waals surface area contributed by atoms with Gasteiger partial charge in [0, 0.05) is 41.5 Å². The Labute approximate surface area is 272 Å². The topological polar surface area (TPSA) is 28.2 Å². The van der Waals surface area contributed by atoms with Gasteiger partial charge in [-0.2, -0.15) is 0 Å². The number of pyridine rings is 1. The monoisotopic (exact) mass is 775 g/mol. The van der Waals surface area contributed by atoms with Gasteiger partial charge in [-0.15, -0.1) is 0 Å². The highest BCUT2D eigenvalue weighted by molar-refractivity contribution is 14.1. The molecule has 6 heteroatoms. The number of halogens is 3. The first-order valence-corrected chi connectivity index (χ1v) is 15.5. The van der Waals surface area contributed by atoms with E-state index in [2.05, 4.69) is 106 Å². The van der Waals surface area contributed by atoms with Crippen molar-refractivity contribution in [1.82, 2.24) is 4.98 Å². The van der Waals surface area contributed by atoms with Crippen molar-refractivity contribution in [3.8, 4) is 0 Å². The van der Waals surface area contributed by atoms with E-state index in [4.69, 9.17) is 0 Å². The van der Waals surface area contributed by atoms with Crippen LogP contribution in [0.25, 0.3) is 0 Å². The molecule has 0 aliphatic rings. The predicted octanol–water partition coefficient (Wildman–Crippen LogP) is 11.8. The van der Waals surface area contributed by atoms with Crippen LogP contribution in [-0.4, -0.2) is 4.98 Å². The normalized spacial score (nSPS) is 9.83. The van der Waals surface area contributed by atoms with Gasteiger partial charge in [0.2, 0.25) is 0 Å². The van der Waals surface area contributed by atoms with Gasteiger partial charge in [0.25, 0.3) is 0 Å². The van der Waals surface area contributed by atoms with Crippen molar-refractivity contribution >= 4 is 83.0 Å². The second-order valence-corrected chi connectivity index (χ2v) is 11.7. The number of hydrogen-bond acceptors (Lipinski definition) is 3. The molecule has 0 aliphatic heterocycles. The molecule has 5 aromatic carbocycles. The Hall–Kier alpha value is -3.46. The minimum absolute atomic E-state index is 0.894. The van der Waals surface area contributed by atoms with Gasteiger partial charge in [0.15, 0.2) is 0 Å². The number of anilines is 5. The second-order valence-electron chi connectivity index (χ2n) is 8.63.